The first-order chi connectivity index (χ1) is 8.55. The fraction of sp³-hybridized carbons (Fsp3) is 1.00. The molecule has 0 saturated heterocycles. The second kappa shape index (κ2) is 10.9. The van der Waals surface area contributed by atoms with Crippen LogP contribution in [0.2, 0.25) is 19.1 Å². The van der Waals surface area contributed by atoms with Crippen LogP contribution in [0.25, 0.3) is 0 Å². The molecule has 5 heteroatoms. The monoisotopic (exact) mass is 277 g/mol. The number of nitrogens with zero attached hydrogens (tertiary/aromatic N) is 1. The fourth-order valence-corrected chi connectivity index (χ4v) is 3.73. The molecule has 110 valence electrons. The highest BCUT2D eigenvalue weighted by Crippen LogP contribution is 2.14. The van der Waals surface area contributed by atoms with E-state index in [1.54, 1.807) is 0 Å². The van der Waals surface area contributed by atoms with E-state index in [0.29, 0.717) is 13.5 Å². The van der Waals surface area contributed by atoms with E-state index in [1.807, 2.05) is 13.8 Å². The average Bonchev–Trinajstić information content (AvgIpc) is 2.31. The minimum absolute atomic E-state index is 0.660. The van der Waals surface area contributed by atoms with Crippen molar-refractivity contribution in [2.24, 2.45) is 0 Å². The summed E-state index contributed by atoms with van der Waals surface area (Å²) in [6, 6.07) is 1.19. The van der Waals surface area contributed by atoms with Crippen LogP contribution in [-0.2, 0) is 13.9 Å². The van der Waals surface area contributed by atoms with E-state index in [-0.39, 0.29) is 0 Å². The Balaban J connectivity index is 3.86. The molecule has 0 atom stereocenters. The Morgan fingerprint density at radius 3 is 1.89 bits per heavy atom. The van der Waals surface area contributed by atoms with E-state index in [1.165, 1.54) is 6.04 Å². The van der Waals surface area contributed by atoms with Crippen molar-refractivity contribution in [2.45, 2.75) is 46.3 Å². The molecule has 0 radical (unpaired) electrons. The van der Waals surface area contributed by atoms with Gasteiger partial charge in [-0.1, -0.05) is 0 Å². The van der Waals surface area contributed by atoms with Crippen LogP contribution in [0.5, 0.6) is 0 Å². The van der Waals surface area contributed by atoms with Crippen LogP contribution in [0, 0.1) is 0 Å². The topological polar surface area (TPSA) is 30.9 Å². The molecule has 0 aromatic rings. The third-order valence-electron chi connectivity index (χ3n) is 2.74. The molecule has 0 N–H and O–H groups in total. The molecule has 0 saturated carbocycles. The zero-order valence-corrected chi connectivity index (χ0v) is 13.8. The van der Waals surface area contributed by atoms with Gasteiger partial charge >= 0.3 is 0 Å². The minimum Gasteiger partial charge on any atom is -0.418 e. The predicted molar refractivity (Wildman–Crippen MR) is 78.2 cm³/mol. The maximum atomic E-state index is 5.83. The van der Waals surface area contributed by atoms with E-state index in [2.05, 4.69) is 24.9 Å². The zero-order chi connectivity index (χ0) is 13.9. The number of hydrogen-bond acceptors (Lipinski definition) is 4. The molecule has 0 aromatic carbocycles. The van der Waals surface area contributed by atoms with Gasteiger partial charge in [-0.05, 0) is 46.3 Å². The van der Waals surface area contributed by atoms with Crippen molar-refractivity contribution in [3.8, 4) is 0 Å². The number of rotatable bonds is 12. The molecule has 0 aromatic heterocycles. The van der Waals surface area contributed by atoms with Gasteiger partial charge in [0, 0.05) is 26.4 Å². The second-order valence-corrected chi connectivity index (χ2v) is 9.24. The van der Waals surface area contributed by atoms with Crippen LogP contribution >= 0.6 is 0 Å². The van der Waals surface area contributed by atoms with E-state index in [9.17, 15) is 0 Å². The molecule has 4 nitrogen and oxygen atoms in total. The normalized spacial score (nSPS) is 12.3. The van der Waals surface area contributed by atoms with Gasteiger partial charge in [-0.15, -0.1) is 0 Å². The van der Waals surface area contributed by atoms with E-state index in [0.717, 1.165) is 32.8 Å². The van der Waals surface area contributed by atoms with Gasteiger partial charge in [-0.25, -0.2) is 0 Å². The number of ether oxygens (including phenoxy) is 2. The standard InChI is InChI=1S/C13H31NO3Si/c1-6-15-12-14(13-16-7-2)10-9-11-18(4,5)17-8-3/h6-13H2,1-5H3. The second-order valence-electron chi connectivity index (χ2n) is 4.93. The molecule has 0 rings (SSSR count). The molecule has 0 spiro atoms. The van der Waals surface area contributed by atoms with Crippen molar-refractivity contribution in [1.29, 1.82) is 0 Å². The van der Waals surface area contributed by atoms with Crippen molar-refractivity contribution >= 4 is 8.32 Å². The van der Waals surface area contributed by atoms with Crippen LogP contribution < -0.4 is 0 Å². The maximum absolute atomic E-state index is 5.83. The van der Waals surface area contributed by atoms with Gasteiger partial charge in [0.1, 0.15) is 13.5 Å². The van der Waals surface area contributed by atoms with E-state index in [4.69, 9.17) is 13.9 Å². The Morgan fingerprint density at radius 2 is 1.44 bits per heavy atom. The smallest absolute Gasteiger partial charge is 0.186 e. The van der Waals surface area contributed by atoms with Crippen LogP contribution in [0.4, 0.5) is 0 Å². The van der Waals surface area contributed by atoms with Crippen LogP contribution in [0.3, 0.4) is 0 Å². The molecule has 18 heavy (non-hydrogen) atoms. The van der Waals surface area contributed by atoms with Gasteiger partial charge in [-0.3, -0.25) is 4.90 Å². The summed E-state index contributed by atoms with van der Waals surface area (Å²) in [6.07, 6.45) is 1.15. The third-order valence-corrected chi connectivity index (χ3v) is 5.37. The molecule has 0 fully saturated rings. The highest BCUT2D eigenvalue weighted by molar-refractivity contribution is 6.71. The molecule has 0 aliphatic heterocycles. The van der Waals surface area contributed by atoms with Crippen molar-refractivity contribution in [3.05, 3.63) is 0 Å². The SMILES string of the molecule is CCOCN(CCC[Si](C)(C)OCC)COCC. The van der Waals surface area contributed by atoms with Crippen molar-refractivity contribution in [2.75, 3.05) is 39.8 Å². The van der Waals surface area contributed by atoms with Gasteiger partial charge in [0.25, 0.3) is 0 Å². The van der Waals surface area contributed by atoms with E-state index < -0.39 is 8.32 Å². The summed E-state index contributed by atoms with van der Waals surface area (Å²) >= 11 is 0. The Hall–Kier alpha value is 0.0569. The molecule has 0 amide bonds. The molecule has 0 bridgehead atoms. The van der Waals surface area contributed by atoms with E-state index >= 15 is 0 Å². The first-order valence-corrected chi connectivity index (χ1v) is 10.2. The van der Waals surface area contributed by atoms with Crippen LogP contribution in [-0.4, -0.2) is 53.0 Å². The largest absolute Gasteiger partial charge is 0.418 e. The Labute approximate surface area is 114 Å². The predicted octanol–water partition coefficient (Wildman–Crippen LogP) is 2.91. The minimum atomic E-state index is -1.44. The quantitative estimate of drug-likeness (QED) is 0.405. The Kier molecular flexibility index (Phi) is 11.0. The molecule has 0 unspecified atom stereocenters. The highest BCUT2D eigenvalue weighted by atomic mass is 28.4. The Morgan fingerprint density at radius 1 is 0.889 bits per heavy atom. The zero-order valence-electron chi connectivity index (χ0n) is 12.8. The summed E-state index contributed by atoms with van der Waals surface area (Å²) in [7, 11) is -1.44. The van der Waals surface area contributed by atoms with Crippen molar-refractivity contribution in [3.63, 3.8) is 0 Å². The first-order valence-electron chi connectivity index (χ1n) is 7.07. The molecule has 0 aliphatic carbocycles. The van der Waals surface area contributed by atoms with Gasteiger partial charge in [-0.2, -0.15) is 0 Å². The molecular formula is C13H31NO3Si. The van der Waals surface area contributed by atoms with Gasteiger partial charge < -0.3 is 13.9 Å². The van der Waals surface area contributed by atoms with Crippen molar-refractivity contribution in [1.82, 2.24) is 4.90 Å². The summed E-state index contributed by atoms with van der Waals surface area (Å²) in [5, 5.41) is 0. The van der Waals surface area contributed by atoms with Gasteiger partial charge in [0.15, 0.2) is 8.32 Å². The Bertz CT molecular complexity index is 183. The molecule has 0 heterocycles. The lowest BCUT2D eigenvalue weighted by atomic mass is 10.4. The number of hydrogen-bond donors (Lipinski definition) is 0. The maximum Gasteiger partial charge on any atom is 0.186 e. The molecule has 0 aliphatic rings. The lowest BCUT2D eigenvalue weighted by Crippen LogP contribution is -2.34. The fourth-order valence-electron chi connectivity index (χ4n) is 1.80. The van der Waals surface area contributed by atoms with Crippen LogP contribution in [0.15, 0.2) is 0 Å². The van der Waals surface area contributed by atoms with Crippen LogP contribution in [0.1, 0.15) is 27.2 Å². The summed E-state index contributed by atoms with van der Waals surface area (Å²) in [4.78, 5) is 2.21. The average molecular weight is 277 g/mol. The van der Waals surface area contributed by atoms with Crippen molar-refractivity contribution < 1.29 is 13.9 Å². The first kappa shape index (κ1) is 18.1. The lowest BCUT2D eigenvalue weighted by molar-refractivity contribution is -0.0388. The van der Waals surface area contributed by atoms with Gasteiger partial charge in [0.2, 0.25) is 0 Å². The third kappa shape index (κ3) is 10.0. The molecular weight excluding hydrogens is 246 g/mol. The van der Waals surface area contributed by atoms with Gasteiger partial charge in [0.05, 0.1) is 0 Å². The summed E-state index contributed by atoms with van der Waals surface area (Å²) in [5.41, 5.74) is 0. The lowest BCUT2D eigenvalue weighted by Gasteiger charge is -2.25. The summed E-state index contributed by atoms with van der Waals surface area (Å²) in [6.45, 7) is 15.4. The summed E-state index contributed by atoms with van der Waals surface area (Å²) < 4.78 is 16.7. The highest BCUT2D eigenvalue weighted by Gasteiger charge is 2.21. The summed E-state index contributed by atoms with van der Waals surface area (Å²) in [5.74, 6) is 0.